The molecule has 0 amide bonds. The minimum atomic E-state index is 0.323. The summed E-state index contributed by atoms with van der Waals surface area (Å²) in [7, 11) is 3.38. The van der Waals surface area contributed by atoms with Crippen LogP contribution in [0.4, 0.5) is 11.6 Å². The fourth-order valence-electron chi connectivity index (χ4n) is 1.95. The summed E-state index contributed by atoms with van der Waals surface area (Å²) >= 11 is 0. The first-order chi connectivity index (χ1) is 10.7. The Hall–Kier alpha value is -3.03. The van der Waals surface area contributed by atoms with Crippen molar-refractivity contribution in [3.63, 3.8) is 0 Å². The molecule has 3 rings (SSSR count). The summed E-state index contributed by atoms with van der Waals surface area (Å²) in [6.07, 6.45) is 8.66. The summed E-state index contributed by atoms with van der Waals surface area (Å²) < 4.78 is 6.67. The van der Waals surface area contributed by atoms with Crippen molar-refractivity contribution in [2.75, 3.05) is 12.4 Å². The topological polar surface area (TPSA) is 90.6 Å². The third kappa shape index (κ3) is 2.85. The lowest BCUT2D eigenvalue weighted by Gasteiger charge is -2.08. The van der Waals surface area contributed by atoms with Crippen LogP contribution in [-0.4, -0.2) is 36.8 Å². The molecular weight excluding hydrogens is 282 g/mol. The predicted octanol–water partition coefficient (Wildman–Crippen LogP) is 1.73. The van der Waals surface area contributed by atoms with Gasteiger partial charge in [-0.3, -0.25) is 4.68 Å². The molecule has 22 heavy (non-hydrogen) atoms. The molecule has 3 aromatic heterocycles. The van der Waals surface area contributed by atoms with Crippen molar-refractivity contribution >= 4 is 11.6 Å². The highest BCUT2D eigenvalue weighted by molar-refractivity contribution is 5.63. The number of aryl methyl sites for hydroxylation is 2. The van der Waals surface area contributed by atoms with Gasteiger partial charge in [-0.2, -0.15) is 5.10 Å². The molecule has 0 fully saturated rings. The van der Waals surface area contributed by atoms with Crippen LogP contribution in [0.15, 0.2) is 31.0 Å². The Morgan fingerprint density at radius 3 is 2.50 bits per heavy atom. The second-order valence-corrected chi connectivity index (χ2v) is 4.71. The van der Waals surface area contributed by atoms with E-state index in [0.29, 0.717) is 12.0 Å². The van der Waals surface area contributed by atoms with E-state index >= 15 is 0 Å². The molecule has 0 atom stereocenters. The molecule has 3 heterocycles. The molecule has 0 aliphatic rings. The van der Waals surface area contributed by atoms with E-state index in [0.717, 1.165) is 22.5 Å². The lowest BCUT2D eigenvalue weighted by molar-refractivity contribution is 0.380. The summed E-state index contributed by atoms with van der Waals surface area (Å²) in [5.74, 6) is 0.490. The van der Waals surface area contributed by atoms with Gasteiger partial charge in [0.1, 0.15) is 0 Å². The smallest absolute Gasteiger partial charge is 0.316 e. The Morgan fingerprint density at radius 2 is 1.86 bits per heavy atom. The summed E-state index contributed by atoms with van der Waals surface area (Å²) in [5.41, 5.74) is 3.33. The highest BCUT2D eigenvalue weighted by Gasteiger charge is 2.09. The van der Waals surface area contributed by atoms with Gasteiger partial charge in [0, 0.05) is 37.4 Å². The van der Waals surface area contributed by atoms with Crippen LogP contribution < -0.4 is 10.1 Å². The van der Waals surface area contributed by atoms with Gasteiger partial charge in [0.05, 0.1) is 24.7 Å². The standard InChI is InChI=1S/C14H15N7O/c1-9-4-15-13(19-11-7-18-21(2)8-11)20-12(9)10-5-16-14(22-3)17-6-10/h4-8H,1-3H3,(H,15,19,20). The molecular formula is C14H15N7O. The Morgan fingerprint density at radius 1 is 1.09 bits per heavy atom. The number of anilines is 2. The largest absolute Gasteiger partial charge is 0.467 e. The van der Waals surface area contributed by atoms with Crippen LogP contribution >= 0.6 is 0 Å². The molecule has 0 aliphatic carbocycles. The van der Waals surface area contributed by atoms with Crippen molar-refractivity contribution in [2.24, 2.45) is 7.05 Å². The molecule has 1 N–H and O–H groups in total. The summed E-state index contributed by atoms with van der Waals surface area (Å²) in [4.78, 5) is 17.0. The van der Waals surface area contributed by atoms with Gasteiger partial charge >= 0.3 is 6.01 Å². The van der Waals surface area contributed by atoms with E-state index in [2.05, 4.69) is 30.4 Å². The Kier molecular flexibility index (Phi) is 3.65. The minimum absolute atomic E-state index is 0.323. The summed E-state index contributed by atoms with van der Waals surface area (Å²) in [6, 6.07) is 0.323. The van der Waals surface area contributed by atoms with Crippen molar-refractivity contribution in [3.8, 4) is 17.3 Å². The van der Waals surface area contributed by atoms with E-state index < -0.39 is 0 Å². The zero-order valence-corrected chi connectivity index (χ0v) is 12.5. The van der Waals surface area contributed by atoms with Gasteiger partial charge in [0.25, 0.3) is 0 Å². The van der Waals surface area contributed by atoms with Crippen molar-refractivity contribution in [2.45, 2.75) is 6.92 Å². The van der Waals surface area contributed by atoms with Crippen molar-refractivity contribution < 1.29 is 4.74 Å². The molecule has 8 nitrogen and oxygen atoms in total. The van der Waals surface area contributed by atoms with Crippen LogP contribution in [0.1, 0.15) is 5.56 Å². The van der Waals surface area contributed by atoms with E-state index in [9.17, 15) is 0 Å². The van der Waals surface area contributed by atoms with Crippen LogP contribution in [0.5, 0.6) is 6.01 Å². The maximum absolute atomic E-state index is 4.96. The molecule has 0 bridgehead atoms. The van der Waals surface area contributed by atoms with E-state index in [4.69, 9.17) is 4.74 Å². The molecule has 0 spiro atoms. The van der Waals surface area contributed by atoms with Gasteiger partial charge in [-0.25, -0.2) is 19.9 Å². The average molecular weight is 297 g/mol. The molecule has 0 aliphatic heterocycles. The predicted molar refractivity (Wildman–Crippen MR) is 80.8 cm³/mol. The van der Waals surface area contributed by atoms with E-state index in [1.807, 2.05) is 20.2 Å². The van der Waals surface area contributed by atoms with Crippen molar-refractivity contribution in [1.29, 1.82) is 0 Å². The quantitative estimate of drug-likeness (QED) is 0.784. The normalized spacial score (nSPS) is 10.5. The van der Waals surface area contributed by atoms with Crippen LogP contribution in [-0.2, 0) is 7.05 Å². The number of ether oxygens (including phenoxy) is 1. The fourth-order valence-corrected chi connectivity index (χ4v) is 1.95. The zero-order chi connectivity index (χ0) is 15.5. The van der Waals surface area contributed by atoms with Crippen molar-refractivity contribution in [1.82, 2.24) is 29.7 Å². The Balaban J connectivity index is 1.91. The molecule has 3 aromatic rings. The molecule has 0 saturated carbocycles. The highest BCUT2D eigenvalue weighted by Crippen LogP contribution is 2.22. The highest BCUT2D eigenvalue weighted by atomic mass is 16.5. The molecule has 8 heteroatoms. The molecule has 112 valence electrons. The third-order valence-corrected chi connectivity index (χ3v) is 3.02. The molecule has 0 unspecified atom stereocenters. The van der Waals surface area contributed by atoms with Gasteiger partial charge < -0.3 is 10.1 Å². The van der Waals surface area contributed by atoms with Crippen LogP contribution in [0.3, 0.4) is 0 Å². The van der Waals surface area contributed by atoms with Crippen molar-refractivity contribution in [3.05, 3.63) is 36.5 Å². The SMILES string of the molecule is COc1ncc(-c2nc(Nc3cnn(C)c3)ncc2C)cn1. The Bertz CT molecular complexity index is 782. The van der Waals surface area contributed by atoms with Gasteiger partial charge in [0.2, 0.25) is 5.95 Å². The monoisotopic (exact) mass is 297 g/mol. The minimum Gasteiger partial charge on any atom is -0.467 e. The van der Waals surface area contributed by atoms with Crippen LogP contribution in [0.2, 0.25) is 0 Å². The fraction of sp³-hybridized carbons (Fsp3) is 0.214. The average Bonchev–Trinajstić information content (AvgIpc) is 2.94. The first-order valence-corrected chi connectivity index (χ1v) is 6.61. The first kappa shape index (κ1) is 13.9. The summed E-state index contributed by atoms with van der Waals surface area (Å²) in [6.45, 7) is 1.94. The molecule has 0 radical (unpaired) electrons. The Labute approximate surface area is 127 Å². The van der Waals surface area contributed by atoms with Crippen LogP contribution in [0, 0.1) is 6.92 Å². The lowest BCUT2D eigenvalue weighted by atomic mass is 10.1. The molecule has 0 aromatic carbocycles. The lowest BCUT2D eigenvalue weighted by Crippen LogP contribution is -2.00. The van der Waals surface area contributed by atoms with Gasteiger partial charge in [-0.05, 0) is 12.5 Å². The zero-order valence-electron chi connectivity index (χ0n) is 12.5. The first-order valence-electron chi connectivity index (χ1n) is 6.61. The number of hydrogen-bond acceptors (Lipinski definition) is 7. The van der Waals surface area contributed by atoms with Crippen LogP contribution in [0.25, 0.3) is 11.3 Å². The van der Waals surface area contributed by atoms with E-state index in [-0.39, 0.29) is 0 Å². The van der Waals surface area contributed by atoms with Gasteiger partial charge in [-0.15, -0.1) is 0 Å². The van der Waals surface area contributed by atoms with Gasteiger partial charge in [-0.1, -0.05) is 0 Å². The number of nitrogens with one attached hydrogen (secondary N) is 1. The number of rotatable bonds is 4. The number of methoxy groups -OCH3 is 1. The second-order valence-electron chi connectivity index (χ2n) is 4.71. The van der Waals surface area contributed by atoms with Gasteiger partial charge in [0.15, 0.2) is 0 Å². The van der Waals surface area contributed by atoms with E-state index in [1.54, 1.807) is 29.5 Å². The molecule has 0 saturated heterocycles. The van der Waals surface area contributed by atoms with E-state index in [1.165, 1.54) is 7.11 Å². The number of hydrogen-bond donors (Lipinski definition) is 1. The maximum Gasteiger partial charge on any atom is 0.316 e. The number of aromatic nitrogens is 6. The maximum atomic E-state index is 4.96. The third-order valence-electron chi connectivity index (χ3n) is 3.02. The summed E-state index contributed by atoms with van der Waals surface area (Å²) in [5, 5.41) is 7.21. The number of nitrogens with zero attached hydrogens (tertiary/aromatic N) is 6. The second kappa shape index (κ2) is 5.76.